The van der Waals surface area contributed by atoms with Crippen LogP contribution in [0.2, 0.25) is 0 Å². The van der Waals surface area contributed by atoms with E-state index in [1.165, 1.54) is 0 Å². The number of rotatable bonds is 3. The number of benzene rings is 1. The molecular formula is C10H14N2O. The third-order valence-electron chi connectivity index (χ3n) is 2.17. The van der Waals surface area contributed by atoms with E-state index in [1.54, 1.807) is 24.3 Å². The number of nitrogens with two attached hydrogens (primary N) is 2. The lowest BCUT2D eigenvalue weighted by Crippen LogP contribution is -2.45. The van der Waals surface area contributed by atoms with E-state index in [2.05, 4.69) is 0 Å². The predicted octanol–water partition coefficient (Wildman–Crippen LogP) is 0.979. The molecule has 0 aliphatic carbocycles. The Labute approximate surface area is 77.7 Å². The normalized spacial score (nSPS) is 11.3. The first-order valence-corrected chi connectivity index (χ1v) is 4.23. The van der Waals surface area contributed by atoms with Gasteiger partial charge in [0.15, 0.2) is 0 Å². The molecule has 1 aromatic carbocycles. The molecule has 3 nitrogen and oxygen atoms in total. The molecule has 0 atom stereocenters. The van der Waals surface area contributed by atoms with Crippen molar-refractivity contribution in [3.05, 3.63) is 35.4 Å². The van der Waals surface area contributed by atoms with Crippen LogP contribution in [0.25, 0.3) is 0 Å². The molecule has 1 rings (SSSR count). The van der Waals surface area contributed by atoms with Gasteiger partial charge >= 0.3 is 0 Å². The Balaban J connectivity index is 2.98. The van der Waals surface area contributed by atoms with Crippen LogP contribution in [-0.4, -0.2) is 6.29 Å². The van der Waals surface area contributed by atoms with Gasteiger partial charge in [0.1, 0.15) is 6.29 Å². The Morgan fingerprint density at radius 3 is 2.23 bits per heavy atom. The van der Waals surface area contributed by atoms with Gasteiger partial charge in [-0.3, -0.25) is 4.79 Å². The first-order chi connectivity index (χ1) is 6.10. The predicted molar refractivity (Wildman–Crippen MR) is 52.2 cm³/mol. The van der Waals surface area contributed by atoms with Crippen molar-refractivity contribution in [2.45, 2.75) is 19.0 Å². The van der Waals surface area contributed by atoms with Crippen molar-refractivity contribution in [1.29, 1.82) is 0 Å². The van der Waals surface area contributed by atoms with Gasteiger partial charge in [0, 0.05) is 5.56 Å². The summed E-state index contributed by atoms with van der Waals surface area (Å²) in [5, 5.41) is 0. The summed E-state index contributed by atoms with van der Waals surface area (Å²) in [6.45, 7) is 1.92. The number of hydrogen-bond acceptors (Lipinski definition) is 3. The molecule has 4 N–H and O–H groups in total. The average Bonchev–Trinajstić information content (AvgIpc) is 2.18. The maximum atomic E-state index is 10.4. The molecule has 13 heavy (non-hydrogen) atoms. The standard InChI is InChI=1S/C10H14N2O/c1-2-10(11,12)9-5-3-8(7-13)4-6-9/h3-7H,2,11-12H2,1H3. The van der Waals surface area contributed by atoms with Crippen LogP contribution in [0.5, 0.6) is 0 Å². The van der Waals surface area contributed by atoms with Crippen molar-refractivity contribution in [2.24, 2.45) is 11.5 Å². The van der Waals surface area contributed by atoms with Crippen LogP contribution in [0.3, 0.4) is 0 Å². The van der Waals surface area contributed by atoms with Crippen molar-refractivity contribution in [3.8, 4) is 0 Å². The summed E-state index contributed by atoms with van der Waals surface area (Å²) < 4.78 is 0. The van der Waals surface area contributed by atoms with Gasteiger partial charge in [-0.2, -0.15) is 0 Å². The third-order valence-corrected chi connectivity index (χ3v) is 2.17. The van der Waals surface area contributed by atoms with Gasteiger partial charge in [-0.25, -0.2) is 0 Å². The zero-order valence-corrected chi connectivity index (χ0v) is 7.66. The smallest absolute Gasteiger partial charge is 0.150 e. The average molecular weight is 178 g/mol. The second-order valence-electron chi connectivity index (χ2n) is 3.13. The molecule has 3 heteroatoms. The zero-order chi connectivity index (χ0) is 9.90. The van der Waals surface area contributed by atoms with Crippen LogP contribution in [0.15, 0.2) is 24.3 Å². The number of hydrogen-bond donors (Lipinski definition) is 2. The highest BCUT2D eigenvalue weighted by atomic mass is 16.1. The Bertz CT molecular complexity index is 290. The summed E-state index contributed by atoms with van der Waals surface area (Å²) in [6.07, 6.45) is 1.46. The monoisotopic (exact) mass is 178 g/mol. The van der Waals surface area contributed by atoms with Crippen LogP contribution in [0.1, 0.15) is 29.3 Å². The number of aldehydes is 1. The quantitative estimate of drug-likeness (QED) is 0.535. The molecule has 0 unspecified atom stereocenters. The molecule has 0 radical (unpaired) electrons. The Hall–Kier alpha value is -1.19. The summed E-state index contributed by atoms with van der Waals surface area (Å²) in [6, 6.07) is 7.00. The largest absolute Gasteiger partial charge is 0.310 e. The first kappa shape index (κ1) is 9.89. The maximum Gasteiger partial charge on any atom is 0.150 e. The fourth-order valence-corrected chi connectivity index (χ4v) is 1.08. The Morgan fingerprint density at radius 2 is 1.85 bits per heavy atom. The molecule has 0 spiro atoms. The van der Waals surface area contributed by atoms with Gasteiger partial charge in [0.05, 0.1) is 5.66 Å². The van der Waals surface area contributed by atoms with Crippen LogP contribution in [-0.2, 0) is 5.66 Å². The first-order valence-electron chi connectivity index (χ1n) is 4.23. The van der Waals surface area contributed by atoms with E-state index in [0.29, 0.717) is 12.0 Å². The topological polar surface area (TPSA) is 69.1 Å². The van der Waals surface area contributed by atoms with Gasteiger partial charge < -0.3 is 11.5 Å². The number of carbonyl (C=O) groups is 1. The van der Waals surface area contributed by atoms with Crippen molar-refractivity contribution in [2.75, 3.05) is 0 Å². The van der Waals surface area contributed by atoms with E-state index in [9.17, 15) is 4.79 Å². The fourth-order valence-electron chi connectivity index (χ4n) is 1.08. The summed E-state index contributed by atoms with van der Waals surface area (Å²) in [5.41, 5.74) is 12.3. The lowest BCUT2D eigenvalue weighted by Gasteiger charge is -2.23. The van der Waals surface area contributed by atoms with Crippen LogP contribution >= 0.6 is 0 Å². The number of carbonyl (C=O) groups excluding carboxylic acids is 1. The molecule has 0 bridgehead atoms. The minimum Gasteiger partial charge on any atom is -0.310 e. The van der Waals surface area contributed by atoms with Crippen LogP contribution in [0.4, 0.5) is 0 Å². The molecule has 0 aliphatic heterocycles. The molecule has 0 aromatic heterocycles. The van der Waals surface area contributed by atoms with E-state index in [1.807, 2.05) is 6.92 Å². The van der Waals surface area contributed by atoms with Gasteiger partial charge in [0.2, 0.25) is 0 Å². The van der Waals surface area contributed by atoms with Crippen molar-refractivity contribution >= 4 is 6.29 Å². The second kappa shape index (κ2) is 3.68. The van der Waals surface area contributed by atoms with Gasteiger partial charge in [0.25, 0.3) is 0 Å². The lowest BCUT2D eigenvalue weighted by molar-refractivity contribution is 0.112. The Morgan fingerprint density at radius 1 is 1.31 bits per heavy atom. The molecule has 0 aliphatic rings. The highest BCUT2D eigenvalue weighted by Gasteiger charge is 2.18. The Kier molecular flexibility index (Phi) is 2.80. The second-order valence-corrected chi connectivity index (χ2v) is 3.13. The van der Waals surface area contributed by atoms with E-state index < -0.39 is 5.66 Å². The van der Waals surface area contributed by atoms with Crippen molar-refractivity contribution < 1.29 is 4.79 Å². The van der Waals surface area contributed by atoms with Gasteiger partial charge in [-0.05, 0) is 12.0 Å². The maximum absolute atomic E-state index is 10.4. The van der Waals surface area contributed by atoms with Crippen molar-refractivity contribution in [3.63, 3.8) is 0 Å². The van der Waals surface area contributed by atoms with Gasteiger partial charge in [-0.15, -0.1) is 0 Å². The summed E-state index contributed by atoms with van der Waals surface area (Å²) in [5.74, 6) is 0. The summed E-state index contributed by atoms with van der Waals surface area (Å²) in [4.78, 5) is 10.4. The van der Waals surface area contributed by atoms with Gasteiger partial charge in [-0.1, -0.05) is 31.2 Å². The van der Waals surface area contributed by atoms with Crippen molar-refractivity contribution in [1.82, 2.24) is 0 Å². The molecule has 70 valence electrons. The molecular weight excluding hydrogens is 164 g/mol. The molecule has 0 fully saturated rings. The molecule has 0 saturated heterocycles. The summed E-state index contributed by atoms with van der Waals surface area (Å²) >= 11 is 0. The lowest BCUT2D eigenvalue weighted by atomic mass is 9.98. The SMILES string of the molecule is CCC(N)(N)c1ccc(C=O)cc1. The highest BCUT2D eigenvalue weighted by Crippen LogP contribution is 2.15. The van der Waals surface area contributed by atoms with Crippen LogP contribution in [0, 0.1) is 0 Å². The molecule has 0 heterocycles. The van der Waals surface area contributed by atoms with Crippen LogP contribution < -0.4 is 11.5 Å². The minimum atomic E-state index is -0.790. The van der Waals surface area contributed by atoms with E-state index in [-0.39, 0.29) is 0 Å². The zero-order valence-electron chi connectivity index (χ0n) is 7.66. The molecule has 0 saturated carbocycles. The molecule has 0 amide bonds. The fraction of sp³-hybridized carbons (Fsp3) is 0.300. The van der Waals surface area contributed by atoms with E-state index >= 15 is 0 Å². The summed E-state index contributed by atoms with van der Waals surface area (Å²) in [7, 11) is 0. The molecule has 1 aromatic rings. The van der Waals surface area contributed by atoms with E-state index in [4.69, 9.17) is 11.5 Å². The highest BCUT2D eigenvalue weighted by molar-refractivity contribution is 5.74. The van der Waals surface area contributed by atoms with E-state index in [0.717, 1.165) is 11.8 Å². The third kappa shape index (κ3) is 2.14. The minimum absolute atomic E-state index is 0.635.